The third-order valence-electron chi connectivity index (χ3n) is 5.78. The standard InChI is InChI=1S/C23H24ClFN4O2S/c1-14-12-26-23(32-14)28-20-7-3-6-19(27-20)17(13-30)15-8-10-29(11-9-15)22(31)16-4-2-5-18(24)21(16)25/h2-7,12,15,17,30H,8-11,13H2,1H3,(H,26,27,28). The zero-order valence-corrected chi connectivity index (χ0v) is 19.2. The molecule has 0 saturated carbocycles. The topological polar surface area (TPSA) is 78.4 Å². The SMILES string of the molecule is Cc1cnc(Nc2cccc(C(CO)C3CCN(C(=O)c4cccc(Cl)c4F)CC3)n2)s1. The van der Waals surface area contributed by atoms with Crippen molar-refractivity contribution in [2.45, 2.75) is 25.7 Å². The Bertz CT molecular complexity index is 1100. The molecule has 1 saturated heterocycles. The van der Waals surface area contributed by atoms with Gasteiger partial charge in [-0.05, 0) is 49.9 Å². The Labute approximate surface area is 195 Å². The Morgan fingerprint density at radius 1 is 1.31 bits per heavy atom. The number of hydrogen-bond donors (Lipinski definition) is 2. The highest BCUT2D eigenvalue weighted by molar-refractivity contribution is 7.15. The van der Waals surface area contributed by atoms with Crippen LogP contribution in [0.4, 0.5) is 15.3 Å². The predicted molar refractivity (Wildman–Crippen MR) is 124 cm³/mol. The minimum atomic E-state index is -0.682. The number of likely N-dealkylation sites (tertiary alicyclic amines) is 1. The van der Waals surface area contributed by atoms with E-state index < -0.39 is 5.82 Å². The zero-order chi connectivity index (χ0) is 22.7. The summed E-state index contributed by atoms with van der Waals surface area (Å²) < 4.78 is 14.3. The van der Waals surface area contributed by atoms with Crippen molar-refractivity contribution < 1.29 is 14.3 Å². The monoisotopic (exact) mass is 474 g/mol. The molecule has 0 radical (unpaired) electrons. The van der Waals surface area contributed by atoms with Crippen LogP contribution in [0.3, 0.4) is 0 Å². The fourth-order valence-electron chi connectivity index (χ4n) is 4.08. The molecule has 1 amide bonds. The average Bonchev–Trinajstić information content (AvgIpc) is 3.21. The number of piperidine rings is 1. The Morgan fingerprint density at radius 3 is 2.75 bits per heavy atom. The van der Waals surface area contributed by atoms with Gasteiger partial charge in [0, 0.05) is 35.8 Å². The van der Waals surface area contributed by atoms with Crippen LogP contribution in [0.25, 0.3) is 0 Å². The number of aryl methyl sites for hydroxylation is 1. The van der Waals surface area contributed by atoms with E-state index in [9.17, 15) is 14.3 Å². The van der Waals surface area contributed by atoms with E-state index in [2.05, 4.69) is 10.3 Å². The second-order valence-corrected chi connectivity index (χ2v) is 9.51. The highest BCUT2D eigenvalue weighted by atomic mass is 35.5. The number of amides is 1. The molecule has 3 heterocycles. The van der Waals surface area contributed by atoms with Gasteiger partial charge in [0.2, 0.25) is 0 Å². The maximum Gasteiger partial charge on any atom is 0.256 e. The molecule has 1 aliphatic rings. The van der Waals surface area contributed by atoms with E-state index in [1.807, 2.05) is 25.1 Å². The average molecular weight is 475 g/mol. The highest BCUT2D eigenvalue weighted by Crippen LogP contribution is 2.33. The maximum absolute atomic E-state index is 14.3. The molecule has 1 unspecified atom stereocenters. The lowest BCUT2D eigenvalue weighted by atomic mass is 9.82. The van der Waals surface area contributed by atoms with E-state index in [0.29, 0.717) is 31.7 Å². The second kappa shape index (κ2) is 9.94. The van der Waals surface area contributed by atoms with Crippen molar-refractivity contribution in [1.29, 1.82) is 0 Å². The number of benzene rings is 1. The third-order valence-corrected chi connectivity index (χ3v) is 6.90. The summed E-state index contributed by atoms with van der Waals surface area (Å²) >= 11 is 7.37. The second-order valence-electron chi connectivity index (χ2n) is 7.87. The maximum atomic E-state index is 14.3. The number of pyridine rings is 1. The Kier molecular flexibility index (Phi) is 7.03. The van der Waals surface area contributed by atoms with Gasteiger partial charge in [-0.2, -0.15) is 0 Å². The van der Waals surface area contributed by atoms with Crippen LogP contribution < -0.4 is 5.32 Å². The molecule has 2 aromatic heterocycles. The summed E-state index contributed by atoms with van der Waals surface area (Å²) in [6.07, 6.45) is 3.20. The van der Waals surface area contributed by atoms with Gasteiger partial charge >= 0.3 is 0 Å². The van der Waals surface area contributed by atoms with Gasteiger partial charge < -0.3 is 15.3 Å². The number of hydrogen-bond acceptors (Lipinski definition) is 6. The van der Waals surface area contributed by atoms with Gasteiger partial charge in [-0.3, -0.25) is 4.79 Å². The van der Waals surface area contributed by atoms with E-state index in [0.717, 1.165) is 15.7 Å². The predicted octanol–water partition coefficient (Wildman–Crippen LogP) is 5.01. The van der Waals surface area contributed by atoms with Gasteiger partial charge in [0.15, 0.2) is 10.9 Å². The molecular weight excluding hydrogens is 451 g/mol. The van der Waals surface area contributed by atoms with Crippen molar-refractivity contribution in [3.05, 3.63) is 69.6 Å². The molecule has 0 bridgehead atoms. The van der Waals surface area contributed by atoms with Gasteiger partial charge in [-0.25, -0.2) is 14.4 Å². The lowest BCUT2D eigenvalue weighted by Gasteiger charge is -2.35. The summed E-state index contributed by atoms with van der Waals surface area (Å²) in [6, 6.07) is 10.2. The minimum absolute atomic E-state index is 0.00692. The summed E-state index contributed by atoms with van der Waals surface area (Å²) in [5.41, 5.74) is 0.795. The Balaban J connectivity index is 1.42. The molecule has 2 N–H and O–H groups in total. The molecule has 9 heteroatoms. The van der Waals surface area contributed by atoms with Gasteiger partial charge in [0.05, 0.1) is 17.2 Å². The number of aromatic nitrogens is 2. The van der Waals surface area contributed by atoms with Crippen molar-refractivity contribution in [1.82, 2.24) is 14.9 Å². The molecule has 0 aliphatic carbocycles. The Hall–Kier alpha value is -2.55. The van der Waals surface area contributed by atoms with Crippen molar-refractivity contribution in [2.75, 3.05) is 25.0 Å². The molecule has 32 heavy (non-hydrogen) atoms. The van der Waals surface area contributed by atoms with E-state index in [-0.39, 0.29) is 34.9 Å². The number of anilines is 2. The van der Waals surface area contributed by atoms with Gasteiger partial charge in [0.1, 0.15) is 5.82 Å². The summed E-state index contributed by atoms with van der Waals surface area (Å²) in [6.45, 7) is 2.94. The molecule has 4 rings (SSSR count). The van der Waals surface area contributed by atoms with Gasteiger partial charge in [0.25, 0.3) is 5.91 Å². The van der Waals surface area contributed by atoms with Gasteiger partial charge in [-0.15, -0.1) is 11.3 Å². The molecule has 3 aromatic rings. The molecule has 6 nitrogen and oxygen atoms in total. The van der Waals surface area contributed by atoms with Crippen LogP contribution in [0.5, 0.6) is 0 Å². The molecular formula is C23H24ClFN4O2S. The zero-order valence-electron chi connectivity index (χ0n) is 17.6. The molecule has 168 valence electrons. The first-order chi connectivity index (χ1) is 15.5. The molecule has 0 spiro atoms. The summed E-state index contributed by atoms with van der Waals surface area (Å²) in [5.74, 6) is -0.335. The van der Waals surface area contributed by atoms with Crippen LogP contribution in [-0.2, 0) is 0 Å². The molecule has 1 fully saturated rings. The van der Waals surface area contributed by atoms with Crippen LogP contribution in [0.1, 0.15) is 39.7 Å². The van der Waals surface area contributed by atoms with Crippen molar-refractivity contribution in [2.24, 2.45) is 5.92 Å². The number of nitrogens with zero attached hydrogens (tertiary/aromatic N) is 3. The van der Waals surface area contributed by atoms with Crippen LogP contribution in [-0.4, -0.2) is 45.6 Å². The summed E-state index contributed by atoms with van der Waals surface area (Å²) in [7, 11) is 0. The van der Waals surface area contributed by atoms with Crippen LogP contribution in [0, 0.1) is 18.7 Å². The lowest BCUT2D eigenvalue weighted by Crippen LogP contribution is -2.40. The van der Waals surface area contributed by atoms with Crippen molar-refractivity contribution in [3.8, 4) is 0 Å². The highest BCUT2D eigenvalue weighted by Gasteiger charge is 2.31. The lowest BCUT2D eigenvalue weighted by molar-refractivity contribution is 0.0656. The van der Waals surface area contributed by atoms with Crippen LogP contribution in [0.15, 0.2) is 42.6 Å². The third kappa shape index (κ3) is 4.92. The number of aliphatic hydroxyl groups is 1. The van der Waals surface area contributed by atoms with Crippen molar-refractivity contribution >= 4 is 39.8 Å². The normalized spacial score (nSPS) is 15.6. The molecule has 1 atom stereocenters. The van der Waals surface area contributed by atoms with E-state index in [1.54, 1.807) is 28.5 Å². The first-order valence-corrected chi connectivity index (χ1v) is 11.7. The van der Waals surface area contributed by atoms with E-state index in [1.165, 1.54) is 12.1 Å². The Morgan fingerprint density at radius 2 is 2.06 bits per heavy atom. The molecule has 1 aliphatic heterocycles. The fourth-order valence-corrected chi connectivity index (χ4v) is 4.92. The number of thiazole rings is 1. The molecule has 1 aromatic carbocycles. The number of carbonyl (C=O) groups is 1. The van der Waals surface area contributed by atoms with Crippen molar-refractivity contribution in [3.63, 3.8) is 0 Å². The smallest absolute Gasteiger partial charge is 0.256 e. The number of aliphatic hydroxyl groups excluding tert-OH is 1. The summed E-state index contributed by atoms with van der Waals surface area (Å²) in [5, 5.41) is 14.0. The minimum Gasteiger partial charge on any atom is -0.396 e. The number of nitrogens with one attached hydrogen (secondary N) is 1. The first-order valence-electron chi connectivity index (χ1n) is 10.5. The first kappa shape index (κ1) is 22.6. The quantitative estimate of drug-likeness (QED) is 0.525. The van der Waals surface area contributed by atoms with E-state index in [4.69, 9.17) is 16.6 Å². The van der Waals surface area contributed by atoms with Crippen LogP contribution >= 0.6 is 22.9 Å². The van der Waals surface area contributed by atoms with E-state index >= 15 is 0 Å². The summed E-state index contributed by atoms with van der Waals surface area (Å²) in [4.78, 5) is 24.5. The largest absolute Gasteiger partial charge is 0.396 e. The number of rotatable bonds is 6. The van der Waals surface area contributed by atoms with Gasteiger partial charge in [-0.1, -0.05) is 23.7 Å². The fraction of sp³-hybridized carbons (Fsp3) is 0.348. The van der Waals surface area contributed by atoms with Crippen LogP contribution in [0.2, 0.25) is 5.02 Å². The number of carbonyl (C=O) groups excluding carboxylic acids is 1. The number of halogens is 2.